The van der Waals surface area contributed by atoms with Gasteiger partial charge in [0.25, 0.3) is 0 Å². The first kappa shape index (κ1) is 38.2. The highest BCUT2D eigenvalue weighted by Crippen LogP contribution is 2.40. The number of allylic oxidation sites excluding steroid dienone is 2. The van der Waals surface area contributed by atoms with Crippen molar-refractivity contribution in [1.29, 1.82) is 0 Å². The van der Waals surface area contributed by atoms with E-state index in [-0.39, 0.29) is 28.4 Å². The molecule has 6 rings (SSSR count). The lowest BCUT2D eigenvalue weighted by Gasteiger charge is -2.45. The van der Waals surface area contributed by atoms with Crippen LogP contribution in [-0.4, -0.2) is 178 Å². The van der Waals surface area contributed by atoms with Crippen LogP contribution in [0.2, 0.25) is 0 Å². The van der Waals surface area contributed by atoms with E-state index < -0.39 is 129 Å². The molecule has 20 heteroatoms. The zero-order valence-corrected chi connectivity index (χ0v) is 26.9. The molecule has 0 aromatic heterocycles. The van der Waals surface area contributed by atoms with E-state index in [0.29, 0.717) is 0 Å². The molecule has 4 heterocycles. The third-order valence-corrected chi connectivity index (χ3v) is 9.11. The summed E-state index contributed by atoms with van der Waals surface area (Å²) in [4.78, 5) is 0. The van der Waals surface area contributed by atoms with Crippen LogP contribution < -0.4 is 0 Å². The molecule has 1 aromatic rings. The fourth-order valence-electron chi connectivity index (χ4n) is 6.13. The van der Waals surface area contributed by atoms with Crippen molar-refractivity contribution in [2.45, 2.75) is 92.1 Å². The van der Waals surface area contributed by atoms with Crippen LogP contribution in [0.5, 0.6) is 11.5 Å². The van der Waals surface area contributed by atoms with Gasteiger partial charge in [-0.2, -0.15) is 0 Å². The Morgan fingerprint density at radius 1 is 0.712 bits per heavy atom. The molecule has 3 saturated heterocycles. The molecule has 0 spiro atoms. The maximum Gasteiger partial charge on any atom is 0.229 e. The average Bonchev–Trinajstić information content (AvgIpc) is 3.11. The molecule has 52 heavy (non-hydrogen) atoms. The average molecular weight is 745 g/mol. The van der Waals surface area contributed by atoms with Gasteiger partial charge in [0.05, 0.1) is 19.8 Å². The zero-order chi connectivity index (χ0) is 37.6. The van der Waals surface area contributed by atoms with Gasteiger partial charge in [-0.15, -0.1) is 0 Å². The summed E-state index contributed by atoms with van der Waals surface area (Å²) >= 11 is 0. The highest BCUT2D eigenvalue weighted by atomic mass is 16.8. The Morgan fingerprint density at radius 3 is 2.12 bits per heavy atom. The molecular formula is C32H40O20. The Morgan fingerprint density at radius 2 is 1.40 bits per heavy atom. The van der Waals surface area contributed by atoms with Gasteiger partial charge >= 0.3 is 0 Å². The van der Waals surface area contributed by atoms with E-state index in [1.54, 1.807) is 0 Å². The Labute approximate surface area is 293 Å². The normalized spacial score (nSPS) is 40.9. The van der Waals surface area contributed by atoms with E-state index in [0.717, 1.165) is 18.2 Å². The Kier molecular flexibility index (Phi) is 11.3. The van der Waals surface area contributed by atoms with E-state index in [4.69, 9.17) is 33.2 Å². The largest absolute Gasteiger partial charge is 0.508 e. The summed E-state index contributed by atoms with van der Waals surface area (Å²) < 4.78 is 40.1. The second kappa shape index (κ2) is 15.4. The minimum Gasteiger partial charge on any atom is -0.508 e. The van der Waals surface area contributed by atoms with E-state index in [1.807, 2.05) is 0 Å². The number of benzene rings is 1. The van der Waals surface area contributed by atoms with Crippen molar-refractivity contribution in [2.24, 2.45) is 0 Å². The first-order valence-electron chi connectivity index (χ1n) is 16.1. The van der Waals surface area contributed by atoms with Crippen LogP contribution in [0.4, 0.5) is 0 Å². The van der Waals surface area contributed by atoms with E-state index in [1.165, 1.54) is 18.2 Å². The van der Waals surface area contributed by atoms with Crippen molar-refractivity contribution < 1.29 is 99.5 Å². The van der Waals surface area contributed by atoms with Gasteiger partial charge in [-0.25, -0.2) is 0 Å². The molecular weight excluding hydrogens is 704 g/mol. The number of phenolic OH excluding ortho intramolecular Hbond substituents is 2. The van der Waals surface area contributed by atoms with Crippen LogP contribution in [0, 0.1) is 0 Å². The van der Waals surface area contributed by atoms with Gasteiger partial charge in [-0.3, -0.25) is 0 Å². The quantitative estimate of drug-likeness (QED) is 0.107. The number of phenols is 2. The van der Waals surface area contributed by atoms with Crippen LogP contribution >= 0.6 is 0 Å². The first-order chi connectivity index (χ1) is 24.7. The van der Waals surface area contributed by atoms with Crippen molar-refractivity contribution in [3.63, 3.8) is 0 Å². The number of rotatable bonds is 9. The Balaban J connectivity index is 1.33. The van der Waals surface area contributed by atoms with Crippen molar-refractivity contribution in [2.75, 3.05) is 19.8 Å². The highest BCUT2D eigenvalue weighted by Gasteiger charge is 2.52. The molecule has 15 atom stereocenters. The lowest BCUT2D eigenvalue weighted by atomic mass is 9.96. The SMILES string of the molecule is OCC1OC(OCC2OC(OC3=C(c4ccc(O)c(O)c4)OC4C=C(O)C=C(O)C4=C3)C(OC3OCC(O)C(O)C3O)C(O)C2O)C(O)C(O)C1O. The fraction of sp³-hybridized carbons (Fsp3) is 0.562. The predicted molar refractivity (Wildman–Crippen MR) is 165 cm³/mol. The summed E-state index contributed by atoms with van der Waals surface area (Å²) in [5, 5.41) is 134. The Hall–Kier alpha value is -3.58. The number of ether oxygens (including phenoxy) is 7. The highest BCUT2D eigenvalue weighted by molar-refractivity contribution is 5.70. The molecule has 20 nitrogen and oxygen atoms in total. The van der Waals surface area contributed by atoms with Gasteiger partial charge < -0.3 is 99.5 Å². The molecule has 13 N–H and O–H groups in total. The summed E-state index contributed by atoms with van der Waals surface area (Å²) in [5.74, 6) is -2.22. The third-order valence-electron chi connectivity index (χ3n) is 9.11. The minimum absolute atomic E-state index is 0.0686. The molecule has 0 bridgehead atoms. The maximum atomic E-state index is 11.4. The zero-order valence-electron chi connectivity index (χ0n) is 26.9. The number of aliphatic hydroxyl groups excluding tert-OH is 11. The molecule has 5 aliphatic rings. The Bertz CT molecular complexity index is 1570. The van der Waals surface area contributed by atoms with E-state index in [2.05, 4.69) is 0 Å². The smallest absolute Gasteiger partial charge is 0.229 e. The van der Waals surface area contributed by atoms with Crippen molar-refractivity contribution in [3.8, 4) is 11.5 Å². The predicted octanol–water partition coefficient (Wildman–Crippen LogP) is -3.91. The minimum atomic E-state index is -1.96. The van der Waals surface area contributed by atoms with Gasteiger partial charge in [0.2, 0.25) is 6.29 Å². The summed E-state index contributed by atoms with van der Waals surface area (Å²) in [7, 11) is 0. The molecule has 0 radical (unpaired) electrons. The first-order valence-corrected chi connectivity index (χ1v) is 16.1. The lowest BCUT2D eigenvalue weighted by molar-refractivity contribution is -0.359. The fourth-order valence-corrected chi connectivity index (χ4v) is 6.13. The third kappa shape index (κ3) is 7.44. The summed E-state index contributed by atoms with van der Waals surface area (Å²) in [6.45, 7) is -1.94. The molecule has 0 saturated carbocycles. The van der Waals surface area contributed by atoms with Crippen LogP contribution in [0.3, 0.4) is 0 Å². The van der Waals surface area contributed by atoms with Crippen molar-refractivity contribution in [3.05, 3.63) is 64.8 Å². The second-order valence-corrected chi connectivity index (χ2v) is 12.7. The van der Waals surface area contributed by atoms with Crippen LogP contribution in [0.1, 0.15) is 5.56 Å². The maximum absolute atomic E-state index is 11.4. The van der Waals surface area contributed by atoms with Gasteiger partial charge in [0.1, 0.15) is 78.7 Å². The molecule has 1 aromatic carbocycles. The molecule has 288 valence electrons. The van der Waals surface area contributed by atoms with Crippen molar-refractivity contribution >= 4 is 5.76 Å². The number of aliphatic hydroxyl groups is 11. The summed E-state index contributed by atoms with van der Waals surface area (Å²) in [6, 6.07) is 3.58. The molecule has 15 unspecified atom stereocenters. The van der Waals surface area contributed by atoms with E-state index >= 15 is 0 Å². The molecule has 4 aliphatic heterocycles. The second-order valence-electron chi connectivity index (χ2n) is 12.7. The van der Waals surface area contributed by atoms with Crippen LogP contribution in [-0.2, 0) is 33.2 Å². The number of aromatic hydroxyl groups is 2. The monoisotopic (exact) mass is 744 g/mol. The topological polar surface area (TPSA) is 328 Å². The standard InChI is InChI=1S/C32H40O20/c33-7-19-22(40)24(42)27(45)30(50-19)47-9-20-23(41)25(43)29(52-31-26(44)21(39)16(38)8-46-31)32(51-20)49-18-6-12-14(36)4-11(34)5-17(12)48-28(18)10-1-2-13(35)15(37)3-10/h1-6,16-17,19-27,29-45H,7-9H2. The van der Waals surface area contributed by atoms with E-state index in [9.17, 15) is 66.4 Å². The van der Waals surface area contributed by atoms with Crippen LogP contribution in [0.15, 0.2) is 59.3 Å². The van der Waals surface area contributed by atoms with Crippen molar-refractivity contribution in [1.82, 2.24) is 0 Å². The molecule has 3 fully saturated rings. The number of hydrogen-bond acceptors (Lipinski definition) is 20. The van der Waals surface area contributed by atoms with Gasteiger partial charge in [-0.05, 0) is 24.3 Å². The molecule has 0 amide bonds. The molecule has 1 aliphatic carbocycles. The van der Waals surface area contributed by atoms with Crippen LogP contribution in [0.25, 0.3) is 5.76 Å². The van der Waals surface area contributed by atoms with Gasteiger partial charge in [0.15, 0.2) is 41.7 Å². The number of hydrogen-bond donors (Lipinski definition) is 13. The summed E-state index contributed by atoms with van der Waals surface area (Å²) in [5.41, 5.74) is 0.168. The van der Waals surface area contributed by atoms with Gasteiger partial charge in [0, 0.05) is 23.3 Å². The van der Waals surface area contributed by atoms with Gasteiger partial charge in [-0.1, -0.05) is 0 Å². The number of fused-ring (bicyclic) bond motifs is 1. The lowest BCUT2D eigenvalue weighted by Crippen LogP contribution is -2.64. The summed E-state index contributed by atoms with van der Waals surface area (Å²) in [6.07, 6.45) is -21.6.